The topological polar surface area (TPSA) is 104 Å². The van der Waals surface area contributed by atoms with Crippen molar-refractivity contribution in [3.05, 3.63) is 113 Å². The molecule has 1 aliphatic heterocycles. The number of methoxy groups -OCH3 is 1. The average molecular weight is 494 g/mol. The van der Waals surface area contributed by atoms with Gasteiger partial charge < -0.3 is 14.9 Å². The van der Waals surface area contributed by atoms with Gasteiger partial charge in [0.15, 0.2) is 0 Å². The molecule has 1 atom stereocenters. The molecule has 2 N–H and O–H groups in total. The number of carbonyl (C=O) groups excluding carboxylic acids is 2. The standard InChI is InChI=1S/C30H23NO6/c1-37-22-15-11-20(12-16-22)27-26(28(34)24-8-4-6-19-5-2-3-7-23(19)24)29(35)30(36)31(27)21-13-9-18(10-14-21)17-25(32)33/h2-16,27,34H,17H2,1H3,(H,32,33)/b28-26-. The lowest BCUT2D eigenvalue weighted by atomic mass is 9.93. The monoisotopic (exact) mass is 493 g/mol. The molecule has 1 unspecified atom stereocenters. The number of aliphatic hydroxyl groups excluding tert-OH is 1. The molecule has 4 aromatic rings. The van der Waals surface area contributed by atoms with E-state index in [1.165, 1.54) is 4.90 Å². The Morgan fingerprint density at radius 2 is 1.54 bits per heavy atom. The third-order valence-electron chi connectivity index (χ3n) is 6.49. The summed E-state index contributed by atoms with van der Waals surface area (Å²) in [5.41, 5.74) is 2.00. The Hall–Kier alpha value is -4.91. The fourth-order valence-corrected chi connectivity index (χ4v) is 4.73. The van der Waals surface area contributed by atoms with Crippen LogP contribution in [0.15, 0.2) is 96.6 Å². The van der Waals surface area contributed by atoms with Gasteiger partial charge in [-0.05, 0) is 46.2 Å². The minimum absolute atomic E-state index is 0.0267. The molecule has 7 heteroatoms. The molecule has 0 saturated carbocycles. The second-order valence-corrected chi connectivity index (χ2v) is 8.71. The number of aliphatic carboxylic acids is 1. The molecule has 5 rings (SSSR count). The number of anilines is 1. The smallest absolute Gasteiger partial charge is 0.307 e. The Labute approximate surface area is 212 Å². The normalized spacial score (nSPS) is 16.8. The molecule has 0 aromatic heterocycles. The van der Waals surface area contributed by atoms with Crippen LogP contribution >= 0.6 is 0 Å². The van der Waals surface area contributed by atoms with E-state index in [1.54, 1.807) is 67.8 Å². The van der Waals surface area contributed by atoms with Crippen LogP contribution in [0.4, 0.5) is 5.69 Å². The summed E-state index contributed by atoms with van der Waals surface area (Å²) in [6.07, 6.45) is -0.165. The summed E-state index contributed by atoms with van der Waals surface area (Å²) in [6, 6.07) is 25.4. The second kappa shape index (κ2) is 9.62. The van der Waals surface area contributed by atoms with E-state index in [0.29, 0.717) is 28.1 Å². The third kappa shape index (κ3) is 4.31. The number of carboxylic acids is 1. The van der Waals surface area contributed by atoms with Crippen LogP contribution in [0.25, 0.3) is 16.5 Å². The predicted octanol–water partition coefficient (Wildman–Crippen LogP) is 5.10. The molecule has 1 heterocycles. The Morgan fingerprint density at radius 3 is 2.22 bits per heavy atom. The van der Waals surface area contributed by atoms with Crippen molar-refractivity contribution in [2.24, 2.45) is 0 Å². The van der Waals surface area contributed by atoms with Gasteiger partial charge in [-0.15, -0.1) is 0 Å². The van der Waals surface area contributed by atoms with Gasteiger partial charge in [-0.1, -0.05) is 66.7 Å². The number of hydrogen-bond acceptors (Lipinski definition) is 5. The number of fused-ring (bicyclic) bond motifs is 1. The number of benzene rings is 4. The van der Waals surface area contributed by atoms with Gasteiger partial charge in [0, 0.05) is 11.3 Å². The number of aliphatic hydroxyl groups is 1. The molecule has 1 aliphatic rings. The molecule has 7 nitrogen and oxygen atoms in total. The first-order chi connectivity index (χ1) is 17.9. The van der Waals surface area contributed by atoms with E-state index in [4.69, 9.17) is 9.84 Å². The van der Waals surface area contributed by atoms with E-state index in [0.717, 1.165) is 10.8 Å². The zero-order chi connectivity index (χ0) is 26.1. The van der Waals surface area contributed by atoms with Crippen LogP contribution in [0.2, 0.25) is 0 Å². The molecule has 0 bridgehead atoms. The molecule has 184 valence electrons. The van der Waals surface area contributed by atoms with Gasteiger partial charge in [0.05, 0.1) is 25.1 Å². The summed E-state index contributed by atoms with van der Waals surface area (Å²) in [6.45, 7) is 0. The highest BCUT2D eigenvalue weighted by molar-refractivity contribution is 6.51. The number of hydrogen-bond donors (Lipinski definition) is 2. The van der Waals surface area contributed by atoms with Crippen LogP contribution in [-0.4, -0.2) is 35.0 Å². The number of amides is 1. The fraction of sp³-hybridized carbons (Fsp3) is 0.100. The highest BCUT2D eigenvalue weighted by atomic mass is 16.5. The lowest BCUT2D eigenvalue weighted by Gasteiger charge is -2.26. The Bertz CT molecular complexity index is 1550. The molecule has 1 amide bonds. The molecule has 1 fully saturated rings. The number of Topliss-reactive ketones (excluding diaryl/α,β-unsaturated/α-hetero) is 1. The number of ketones is 1. The maximum atomic E-state index is 13.4. The predicted molar refractivity (Wildman–Crippen MR) is 140 cm³/mol. The van der Waals surface area contributed by atoms with Crippen LogP contribution < -0.4 is 9.64 Å². The molecule has 1 saturated heterocycles. The number of rotatable bonds is 6. The Morgan fingerprint density at radius 1 is 0.865 bits per heavy atom. The van der Waals surface area contributed by atoms with E-state index in [-0.39, 0.29) is 17.8 Å². The number of carboxylic acid groups (broad SMARTS) is 1. The summed E-state index contributed by atoms with van der Waals surface area (Å²) < 4.78 is 5.27. The van der Waals surface area contributed by atoms with Crippen LogP contribution in [0.1, 0.15) is 22.7 Å². The third-order valence-corrected chi connectivity index (χ3v) is 6.49. The van der Waals surface area contributed by atoms with Crippen molar-refractivity contribution in [3.8, 4) is 5.75 Å². The van der Waals surface area contributed by atoms with Crippen molar-refractivity contribution in [1.29, 1.82) is 0 Å². The summed E-state index contributed by atoms with van der Waals surface area (Å²) in [5.74, 6) is -2.22. The quantitative estimate of drug-likeness (QED) is 0.220. The van der Waals surface area contributed by atoms with Crippen molar-refractivity contribution in [3.63, 3.8) is 0 Å². The lowest BCUT2D eigenvalue weighted by molar-refractivity contribution is -0.136. The molecule has 0 radical (unpaired) electrons. The van der Waals surface area contributed by atoms with Gasteiger partial charge >= 0.3 is 5.97 Å². The SMILES string of the molecule is COc1ccc(C2/C(=C(/O)c3cccc4ccccc34)C(=O)C(=O)N2c2ccc(CC(=O)O)cc2)cc1. The first-order valence-corrected chi connectivity index (χ1v) is 11.6. The first kappa shape index (κ1) is 23.8. The average Bonchev–Trinajstić information content (AvgIpc) is 3.18. The van der Waals surface area contributed by atoms with E-state index in [1.807, 2.05) is 30.3 Å². The van der Waals surface area contributed by atoms with E-state index >= 15 is 0 Å². The fourth-order valence-electron chi connectivity index (χ4n) is 4.73. The maximum Gasteiger partial charge on any atom is 0.307 e. The van der Waals surface area contributed by atoms with Crippen LogP contribution in [0, 0.1) is 0 Å². The number of carbonyl (C=O) groups is 3. The minimum atomic E-state index is -0.971. The lowest BCUT2D eigenvalue weighted by Crippen LogP contribution is -2.29. The van der Waals surface area contributed by atoms with E-state index in [2.05, 4.69) is 0 Å². The van der Waals surface area contributed by atoms with Gasteiger partial charge in [-0.2, -0.15) is 0 Å². The number of nitrogens with zero attached hydrogens (tertiary/aromatic N) is 1. The Balaban J connectivity index is 1.70. The summed E-state index contributed by atoms with van der Waals surface area (Å²) >= 11 is 0. The highest BCUT2D eigenvalue weighted by Crippen LogP contribution is 2.43. The van der Waals surface area contributed by atoms with Crippen molar-refractivity contribution in [2.75, 3.05) is 12.0 Å². The largest absolute Gasteiger partial charge is 0.507 e. The van der Waals surface area contributed by atoms with Gasteiger partial charge in [0.25, 0.3) is 11.7 Å². The highest BCUT2D eigenvalue weighted by Gasteiger charge is 2.47. The summed E-state index contributed by atoms with van der Waals surface area (Å²) in [5, 5.41) is 22.3. The zero-order valence-electron chi connectivity index (χ0n) is 19.9. The molecule has 37 heavy (non-hydrogen) atoms. The minimum Gasteiger partial charge on any atom is -0.507 e. The van der Waals surface area contributed by atoms with Crippen LogP contribution in [0.5, 0.6) is 5.75 Å². The van der Waals surface area contributed by atoms with Crippen molar-refractivity contribution >= 4 is 39.9 Å². The van der Waals surface area contributed by atoms with Crippen molar-refractivity contribution < 1.29 is 29.3 Å². The van der Waals surface area contributed by atoms with E-state index < -0.39 is 23.7 Å². The van der Waals surface area contributed by atoms with Gasteiger partial charge in [0.2, 0.25) is 0 Å². The first-order valence-electron chi connectivity index (χ1n) is 11.6. The van der Waals surface area contributed by atoms with Crippen molar-refractivity contribution in [1.82, 2.24) is 0 Å². The van der Waals surface area contributed by atoms with Gasteiger partial charge in [0.1, 0.15) is 11.5 Å². The molecular formula is C30H23NO6. The molecule has 0 spiro atoms. The zero-order valence-corrected chi connectivity index (χ0v) is 19.9. The van der Waals surface area contributed by atoms with Gasteiger partial charge in [-0.25, -0.2) is 0 Å². The van der Waals surface area contributed by atoms with Crippen LogP contribution in [0.3, 0.4) is 0 Å². The van der Waals surface area contributed by atoms with Gasteiger partial charge in [-0.3, -0.25) is 19.3 Å². The molecule has 4 aromatic carbocycles. The molecular weight excluding hydrogens is 470 g/mol. The van der Waals surface area contributed by atoms with E-state index in [9.17, 15) is 19.5 Å². The van der Waals surface area contributed by atoms with Crippen molar-refractivity contribution in [2.45, 2.75) is 12.5 Å². The maximum absolute atomic E-state index is 13.4. The summed E-state index contributed by atoms with van der Waals surface area (Å²) in [4.78, 5) is 39.3. The molecule has 0 aliphatic carbocycles. The van der Waals surface area contributed by atoms with Crippen LogP contribution in [-0.2, 0) is 20.8 Å². The number of ether oxygens (including phenoxy) is 1. The second-order valence-electron chi connectivity index (χ2n) is 8.71. The summed E-state index contributed by atoms with van der Waals surface area (Å²) in [7, 11) is 1.54. The Kier molecular flexibility index (Phi) is 6.19.